The normalized spacial score (nSPS) is 15.7. The first kappa shape index (κ1) is 23.7. The monoisotopic (exact) mass is 512 g/mol. The smallest absolute Gasteiger partial charge is 0.191 e. The lowest BCUT2D eigenvalue weighted by molar-refractivity contribution is 0.0792. The molecule has 1 fully saturated rings. The highest BCUT2D eigenvalue weighted by Gasteiger charge is 2.16. The van der Waals surface area contributed by atoms with E-state index in [0.29, 0.717) is 6.54 Å². The van der Waals surface area contributed by atoms with Gasteiger partial charge in [-0.2, -0.15) is 0 Å². The Morgan fingerprint density at radius 3 is 2.52 bits per heavy atom. The average Bonchev–Trinajstić information content (AvgIpc) is 3.22. The molecule has 3 rings (SSSR count). The predicted octanol–water partition coefficient (Wildman–Crippen LogP) is 3.15. The van der Waals surface area contributed by atoms with Crippen LogP contribution in [0.25, 0.3) is 0 Å². The summed E-state index contributed by atoms with van der Waals surface area (Å²) in [5.41, 5.74) is 2.51. The highest BCUT2D eigenvalue weighted by atomic mass is 127. The standard InChI is InChI=1S/C22H32N4O2.HI/c1-2-23-22(24-12-9-21-4-3-15-28-21)25-16-18-5-7-19(8-6-18)17-26-13-10-20(27)11-14-26;/h3-8,15,20,27H,2,9-14,16-17H2,1H3,(H2,23,24,25);1H. The van der Waals surface area contributed by atoms with E-state index in [4.69, 9.17) is 4.42 Å². The second-order valence-corrected chi connectivity index (χ2v) is 7.28. The molecular weight excluding hydrogens is 479 g/mol. The Balaban J connectivity index is 0.00000300. The zero-order valence-electron chi connectivity index (χ0n) is 17.1. The summed E-state index contributed by atoms with van der Waals surface area (Å²) in [6, 6.07) is 12.6. The number of hydrogen-bond donors (Lipinski definition) is 3. The quantitative estimate of drug-likeness (QED) is 0.288. The van der Waals surface area contributed by atoms with Gasteiger partial charge in [0.25, 0.3) is 0 Å². The van der Waals surface area contributed by atoms with Crippen molar-refractivity contribution in [2.24, 2.45) is 4.99 Å². The van der Waals surface area contributed by atoms with Crippen LogP contribution in [-0.4, -0.2) is 48.2 Å². The van der Waals surface area contributed by atoms with Gasteiger partial charge < -0.3 is 20.2 Å². The number of aliphatic hydroxyl groups is 1. The number of hydrogen-bond acceptors (Lipinski definition) is 4. The van der Waals surface area contributed by atoms with Gasteiger partial charge in [-0.25, -0.2) is 4.99 Å². The second-order valence-electron chi connectivity index (χ2n) is 7.28. The number of furan rings is 1. The molecule has 1 aromatic heterocycles. The summed E-state index contributed by atoms with van der Waals surface area (Å²) in [7, 11) is 0. The second kappa shape index (κ2) is 12.9. The number of piperidine rings is 1. The number of guanidine groups is 1. The Morgan fingerprint density at radius 1 is 1.14 bits per heavy atom. The van der Waals surface area contributed by atoms with Crippen molar-refractivity contribution in [3.63, 3.8) is 0 Å². The molecule has 2 aromatic rings. The van der Waals surface area contributed by atoms with Crippen LogP contribution in [0.1, 0.15) is 36.7 Å². The first-order valence-corrected chi connectivity index (χ1v) is 10.3. The SMILES string of the molecule is CCNC(=NCc1ccc(CN2CCC(O)CC2)cc1)NCCc1ccco1.I. The van der Waals surface area contributed by atoms with Gasteiger partial charge in [-0.1, -0.05) is 24.3 Å². The number of rotatable bonds is 8. The van der Waals surface area contributed by atoms with Gasteiger partial charge in [0.15, 0.2) is 5.96 Å². The summed E-state index contributed by atoms with van der Waals surface area (Å²) in [6.07, 6.45) is 4.18. The maximum atomic E-state index is 9.62. The fourth-order valence-electron chi connectivity index (χ4n) is 3.36. The Morgan fingerprint density at radius 2 is 1.86 bits per heavy atom. The number of aliphatic hydroxyl groups excluding tert-OH is 1. The molecule has 1 aromatic carbocycles. The summed E-state index contributed by atoms with van der Waals surface area (Å²) in [6.45, 7) is 7.22. The molecule has 0 aliphatic carbocycles. The fourth-order valence-corrected chi connectivity index (χ4v) is 3.36. The highest BCUT2D eigenvalue weighted by molar-refractivity contribution is 14.0. The molecule has 0 saturated carbocycles. The van der Waals surface area contributed by atoms with Crippen LogP contribution in [0.2, 0.25) is 0 Å². The topological polar surface area (TPSA) is 73.0 Å². The molecule has 7 heteroatoms. The Hall–Kier alpha value is -1.58. The number of nitrogens with one attached hydrogen (secondary N) is 2. The minimum absolute atomic E-state index is 0. The van der Waals surface area contributed by atoms with E-state index in [2.05, 4.69) is 51.7 Å². The maximum Gasteiger partial charge on any atom is 0.191 e. The highest BCUT2D eigenvalue weighted by Crippen LogP contribution is 2.14. The molecule has 1 aliphatic heterocycles. The summed E-state index contributed by atoms with van der Waals surface area (Å²) < 4.78 is 5.36. The summed E-state index contributed by atoms with van der Waals surface area (Å²) in [5.74, 6) is 1.80. The molecule has 2 heterocycles. The third-order valence-corrected chi connectivity index (χ3v) is 4.99. The Bertz CT molecular complexity index is 711. The lowest BCUT2D eigenvalue weighted by Gasteiger charge is -2.29. The number of nitrogens with zero attached hydrogens (tertiary/aromatic N) is 2. The minimum atomic E-state index is -0.116. The van der Waals surface area contributed by atoms with Crippen molar-refractivity contribution >= 4 is 29.9 Å². The largest absolute Gasteiger partial charge is 0.469 e. The predicted molar refractivity (Wildman–Crippen MR) is 128 cm³/mol. The number of aliphatic imine (C=N–C) groups is 1. The van der Waals surface area contributed by atoms with Crippen molar-refractivity contribution in [1.29, 1.82) is 0 Å². The average molecular weight is 512 g/mol. The van der Waals surface area contributed by atoms with Gasteiger partial charge in [-0.15, -0.1) is 24.0 Å². The lowest BCUT2D eigenvalue weighted by atomic mass is 10.1. The van der Waals surface area contributed by atoms with Crippen LogP contribution in [0.3, 0.4) is 0 Å². The maximum absolute atomic E-state index is 9.62. The third kappa shape index (κ3) is 8.36. The van der Waals surface area contributed by atoms with Crippen molar-refractivity contribution in [2.75, 3.05) is 26.2 Å². The lowest BCUT2D eigenvalue weighted by Crippen LogP contribution is -2.38. The van der Waals surface area contributed by atoms with Gasteiger partial charge in [-0.05, 0) is 43.0 Å². The van der Waals surface area contributed by atoms with Crippen molar-refractivity contribution in [2.45, 2.75) is 45.4 Å². The van der Waals surface area contributed by atoms with E-state index in [9.17, 15) is 5.11 Å². The van der Waals surface area contributed by atoms with Crippen LogP contribution in [-0.2, 0) is 19.5 Å². The molecule has 29 heavy (non-hydrogen) atoms. The molecule has 0 radical (unpaired) electrons. The minimum Gasteiger partial charge on any atom is -0.469 e. The zero-order chi connectivity index (χ0) is 19.6. The van der Waals surface area contributed by atoms with Gasteiger partial charge in [0.1, 0.15) is 5.76 Å². The molecule has 0 atom stereocenters. The van der Waals surface area contributed by atoms with Gasteiger partial charge in [0.05, 0.1) is 18.9 Å². The number of halogens is 1. The van der Waals surface area contributed by atoms with E-state index in [1.54, 1.807) is 6.26 Å². The first-order valence-electron chi connectivity index (χ1n) is 10.3. The molecule has 1 saturated heterocycles. The van der Waals surface area contributed by atoms with E-state index < -0.39 is 0 Å². The number of likely N-dealkylation sites (tertiary alicyclic amines) is 1. The Labute approximate surface area is 190 Å². The van der Waals surface area contributed by atoms with Crippen LogP contribution >= 0.6 is 24.0 Å². The van der Waals surface area contributed by atoms with Gasteiger partial charge in [0, 0.05) is 39.1 Å². The van der Waals surface area contributed by atoms with Crippen molar-refractivity contribution in [3.8, 4) is 0 Å². The molecule has 0 amide bonds. The third-order valence-electron chi connectivity index (χ3n) is 4.99. The molecular formula is C22H33IN4O2. The van der Waals surface area contributed by atoms with E-state index in [-0.39, 0.29) is 30.1 Å². The van der Waals surface area contributed by atoms with E-state index in [1.165, 1.54) is 11.1 Å². The molecule has 0 spiro atoms. The molecule has 1 aliphatic rings. The van der Waals surface area contributed by atoms with Crippen molar-refractivity contribution < 1.29 is 9.52 Å². The van der Waals surface area contributed by atoms with Crippen LogP contribution in [0, 0.1) is 0 Å². The summed E-state index contributed by atoms with van der Waals surface area (Å²) in [4.78, 5) is 7.09. The fraction of sp³-hybridized carbons (Fsp3) is 0.500. The van der Waals surface area contributed by atoms with Crippen LogP contribution in [0.4, 0.5) is 0 Å². The van der Waals surface area contributed by atoms with Crippen LogP contribution < -0.4 is 10.6 Å². The van der Waals surface area contributed by atoms with Gasteiger partial charge in [0.2, 0.25) is 0 Å². The number of benzene rings is 1. The zero-order valence-corrected chi connectivity index (χ0v) is 19.5. The van der Waals surface area contributed by atoms with Gasteiger partial charge >= 0.3 is 0 Å². The molecule has 3 N–H and O–H groups in total. The molecule has 0 bridgehead atoms. The summed E-state index contributed by atoms with van der Waals surface area (Å²) in [5, 5.41) is 16.3. The first-order chi connectivity index (χ1) is 13.7. The Kier molecular flexibility index (Phi) is 10.5. The van der Waals surface area contributed by atoms with E-state index in [0.717, 1.165) is 63.7 Å². The van der Waals surface area contributed by atoms with E-state index in [1.807, 2.05) is 12.1 Å². The summed E-state index contributed by atoms with van der Waals surface area (Å²) >= 11 is 0. The molecule has 6 nitrogen and oxygen atoms in total. The molecule has 160 valence electrons. The van der Waals surface area contributed by atoms with Crippen molar-refractivity contribution in [1.82, 2.24) is 15.5 Å². The van der Waals surface area contributed by atoms with Crippen LogP contribution in [0.15, 0.2) is 52.1 Å². The van der Waals surface area contributed by atoms with Gasteiger partial charge in [-0.3, -0.25) is 4.90 Å². The van der Waals surface area contributed by atoms with Crippen molar-refractivity contribution in [3.05, 3.63) is 59.5 Å². The molecule has 0 unspecified atom stereocenters. The van der Waals surface area contributed by atoms with Crippen LogP contribution in [0.5, 0.6) is 0 Å². The van der Waals surface area contributed by atoms with E-state index >= 15 is 0 Å².